The lowest BCUT2D eigenvalue weighted by Gasteiger charge is -2.20. The van der Waals surface area contributed by atoms with E-state index in [-0.39, 0.29) is 11.7 Å². The second kappa shape index (κ2) is 7.93. The summed E-state index contributed by atoms with van der Waals surface area (Å²) in [6.45, 7) is 2.60. The molecule has 1 aromatic rings. The highest BCUT2D eigenvalue weighted by Gasteiger charge is 2.17. The maximum atomic E-state index is 12.0. The summed E-state index contributed by atoms with van der Waals surface area (Å²) in [6.07, 6.45) is 6.19. The molecular formula is C15H23NO2S2. The number of hydrogen-bond donors (Lipinski definition) is 1. The van der Waals surface area contributed by atoms with Gasteiger partial charge in [0.2, 0.25) is 5.91 Å². The van der Waals surface area contributed by atoms with E-state index in [1.807, 2.05) is 18.4 Å². The smallest absolute Gasteiger partial charge is 0.232 e. The Labute approximate surface area is 127 Å². The fourth-order valence-electron chi connectivity index (χ4n) is 2.64. The summed E-state index contributed by atoms with van der Waals surface area (Å²) in [5, 5.41) is 4.90. The van der Waals surface area contributed by atoms with E-state index < -0.39 is 10.8 Å². The van der Waals surface area contributed by atoms with E-state index in [0.29, 0.717) is 18.2 Å². The summed E-state index contributed by atoms with van der Waals surface area (Å²) in [4.78, 5) is 13.0. The fraction of sp³-hybridized carbons (Fsp3) is 0.667. The predicted octanol–water partition coefficient (Wildman–Crippen LogP) is 3.00. The highest BCUT2D eigenvalue weighted by atomic mass is 32.2. The Bertz CT molecular complexity index is 464. The second-order valence-corrected chi connectivity index (χ2v) is 8.06. The number of hydrogen-bond acceptors (Lipinski definition) is 3. The predicted molar refractivity (Wildman–Crippen MR) is 85.4 cm³/mol. The van der Waals surface area contributed by atoms with Crippen LogP contribution in [0.25, 0.3) is 0 Å². The van der Waals surface area contributed by atoms with Crippen molar-refractivity contribution >= 4 is 28.0 Å². The van der Waals surface area contributed by atoms with E-state index in [2.05, 4.69) is 5.32 Å². The van der Waals surface area contributed by atoms with Gasteiger partial charge < -0.3 is 5.32 Å². The first-order valence-electron chi connectivity index (χ1n) is 7.30. The molecule has 1 aliphatic rings. The van der Waals surface area contributed by atoms with Crippen LogP contribution < -0.4 is 5.32 Å². The lowest BCUT2D eigenvalue weighted by molar-refractivity contribution is -0.118. The molecule has 1 aliphatic carbocycles. The minimum absolute atomic E-state index is 0.0908. The van der Waals surface area contributed by atoms with Gasteiger partial charge in [-0.2, -0.15) is 0 Å². The molecule has 0 radical (unpaired) electrons. The quantitative estimate of drug-likeness (QED) is 0.877. The lowest BCUT2D eigenvalue weighted by atomic mass is 9.91. The maximum Gasteiger partial charge on any atom is 0.232 e. The molecule has 0 bridgehead atoms. The van der Waals surface area contributed by atoms with Crippen LogP contribution in [0.5, 0.6) is 0 Å². The normalized spacial score (nSPS) is 17.9. The Morgan fingerprint density at radius 2 is 2.15 bits per heavy atom. The molecule has 0 unspecified atom stereocenters. The molecule has 0 spiro atoms. The van der Waals surface area contributed by atoms with E-state index in [0.717, 1.165) is 0 Å². The third kappa shape index (κ3) is 5.02. The van der Waals surface area contributed by atoms with Gasteiger partial charge in [-0.15, -0.1) is 11.3 Å². The van der Waals surface area contributed by atoms with Gasteiger partial charge in [-0.3, -0.25) is 9.00 Å². The first-order valence-corrected chi connectivity index (χ1v) is 9.66. The third-order valence-corrected chi connectivity index (χ3v) is 6.30. The van der Waals surface area contributed by atoms with Crippen LogP contribution in [0.2, 0.25) is 0 Å². The van der Waals surface area contributed by atoms with Crippen molar-refractivity contribution in [3.63, 3.8) is 0 Å². The van der Waals surface area contributed by atoms with Crippen LogP contribution in [0.1, 0.15) is 42.5 Å². The SMILES string of the molecule is Cc1ccsc1CNC(=O)C[S@@](=O)CC1CCCCC1. The average molecular weight is 313 g/mol. The fourth-order valence-corrected chi connectivity index (χ4v) is 4.85. The Morgan fingerprint density at radius 1 is 1.40 bits per heavy atom. The number of nitrogens with one attached hydrogen (secondary N) is 1. The van der Waals surface area contributed by atoms with Crippen LogP contribution in [0, 0.1) is 12.8 Å². The van der Waals surface area contributed by atoms with E-state index >= 15 is 0 Å². The summed E-state index contributed by atoms with van der Waals surface area (Å²) in [5.74, 6) is 1.33. The molecule has 1 amide bonds. The molecule has 1 N–H and O–H groups in total. The van der Waals surface area contributed by atoms with Crippen molar-refractivity contribution in [2.75, 3.05) is 11.5 Å². The maximum absolute atomic E-state index is 12.0. The minimum Gasteiger partial charge on any atom is -0.350 e. The number of rotatable bonds is 6. The van der Waals surface area contributed by atoms with Gasteiger partial charge in [0.15, 0.2) is 0 Å². The van der Waals surface area contributed by atoms with Crippen LogP contribution in [0.4, 0.5) is 0 Å². The van der Waals surface area contributed by atoms with Crippen molar-refractivity contribution in [1.82, 2.24) is 5.32 Å². The molecule has 0 aromatic carbocycles. The Kier molecular flexibility index (Phi) is 6.23. The Hall–Kier alpha value is -0.680. The van der Waals surface area contributed by atoms with E-state index in [4.69, 9.17) is 0 Å². The minimum atomic E-state index is -1.01. The molecule has 1 saturated carbocycles. The highest BCUT2D eigenvalue weighted by molar-refractivity contribution is 7.85. The van der Waals surface area contributed by atoms with Gasteiger partial charge in [0.05, 0.1) is 6.54 Å². The van der Waals surface area contributed by atoms with Crippen molar-refractivity contribution in [3.8, 4) is 0 Å². The topological polar surface area (TPSA) is 46.2 Å². The molecule has 5 heteroatoms. The first-order chi connectivity index (χ1) is 9.65. The van der Waals surface area contributed by atoms with Gasteiger partial charge in [-0.25, -0.2) is 0 Å². The highest BCUT2D eigenvalue weighted by Crippen LogP contribution is 2.24. The number of carbonyl (C=O) groups excluding carboxylic acids is 1. The zero-order chi connectivity index (χ0) is 14.4. The number of aryl methyl sites for hydroxylation is 1. The molecule has 0 saturated heterocycles. The molecule has 1 heterocycles. The molecule has 1 atom stereocenters. The molecule has 2 rings (SSSR count). The largest absolute Gasteiger partial charge is 0.350 e. The van der Waals surface area contributed by atoms with Gasteiger partial charge in [0, 0.05) is 21.4 Å². The number of amides is 1. The molecule has 1 fully saturated rings. The van der Waals surface area contributed by atoms with Crippen molar-refractivity contribution in [1.29, 1.82) is 0 Å². The summed E-state index contributed by atoms with van der Waals surface area (Å²) in [5.41, 5.74) is 1.21. The van der Waals surface area contributed by atoms with Crippen molar-refractivity contribution in [2.24, 2.45) is 5.92 Å². The van der Waals surface area contributed by atoms with E-state index in [1.54, 1.807) is 11.3 Å². The molecule has 1 aromatic heterocycles. The van der Waals surface area contributed by atoms with Crippen LogP contribution in [-0.2, 0) is 22.1 Å². The summed E-state index contributed by atoms with van der Waals surface area (Å²) in [7, 11) is -1.01. The molecular weight excluding hydrogens is 290 g/mol. The van der Waals surface area contributed by atoms with Crippen LogP contribution in [0.3, 0.4) is 0 Å². The lowest BCUT2D eigenvalue weighted by Crippen LogP contribution is -2.29. The van der Waals surface area contributed by atoms with Gasteiger partial charge in [0.1, 0.15) is 5.75 Å². The van der Waals surface area contributed by atoms with E-state index in [9.17, 15) is 9.00 Å². The molecule has 3 nitrogen and oxygen atoms in total. The molecule has 112 valence electrons. The van der Waals surface area contributed by atoms with Gasteiger partial charge in [-0.05, 0) is 42.7 Å². The van der Waals surface area contributed by atoms with Gasteiger partial charge >= 0.3 is 0 Å². The number of thiophene rings is 1. The summed E-state index contributed by atoms with van der Waals surface area (Å²) in [6, 6.07) is 2.05. The average Bonchev–Trinajstić information content (AvgIpc) is 2.83. The Balaban J connectivity index is 1.68. The van der Waals surface area contributed by atoms with Crippen molar-refractivity contribution in [3.05, 3.63) is 21.9 Å². The van der Waals surface area contributed by atoms with Crippen molar-refractivity contribution < 1.29 is 9.00 Å². The monoisotopic (exact) mass is 313 g/mol. The zero-order valence-corrected chi connectivity index (χ0v) is 13.7. The van der Waals surface area contributed by atoms with Crippen LogP contribution in [0.15, 0.2) is 11.4 Å². The first kappa shape index (κ1) is 15.7. The van der Waals surface area contributed by atoms with Gasteiger partial charge in [-0.1, -0.05) is 19.3 Å². The van der Waals surface area contributed by atoms with Gasteiger partial charge in [0.25, 0.3) is 0 Å². The Morgan fingerprint density at radius 3 is 2.80 bits per heavy atom. The standard InChI is InChI=1S/C15H23NO2S2/c1-12-7-8-19-14(12)9-16-15(17)11-20(18)10-13-5-3-2-4-6-13/h7-8,13H,2-6,9-11H2,1H3,(H,16,17)/t20-/m0/s1. The molecule has 0 aliphatic heterocycles. The molecule has 20 heavy (non-hydrogen) atoms. The van der Waals surface area contributed by atoms with Crippen molar-refractivity contribution in [2.45, 2.75) is 45.6 Å². The summed E-state index contributed by atoms with van der Waals surface area (Å²) < 4.78 is 12.0. The second-order valence-electron chi connectivity index (χ2n) is 5.56. The van der Waals surface area contributed by atoms with Crippen LogP contribution in [-0.4, -0.2) is 21.6 Å². The number of carbonyl (C=O) groups is 1. The summed E-state index contributed by atoms with van der Waals surface area (Å²) >= 11 is 1.65. The van der Waals surface area contributed by atoms with Crippen LogP contribution >= 0.6 is 11.3 Å². The third-order valence-electron chi connectivity index (χ3n) is 3.85. The van der Waals surface area contributed by atoms with E-state index in [1.165, 1.54) is 42.5 Å². The zero-order valence-electron chi connectivity index (χ0n) is 12.0.